The van der Waals surface area contributed by atoms with E-state index >= 15 is 0 Å². The van der Waals surface area contributed by atoms with Gasteiger partial charge in [0.2, 0.25) is 0 Å². The predicted molar refractivity (Wildman–Crippen MR) is 111 cm³/mol. The third-order valence-corrected chi connectivity index (χ3v) is 5.16. The lowest BCUT2D eigenvalue weighted by atomic mass is 9.94. The third kappa shape index (κ3) is 2.88. The summed E-state index contributed by atoms with van der Waals surface area (Å²) in [5.41, 5.74) is 7.55. The van der Waals surface area contributed by atoms with E-state index in [0.29, 0.717) is 0 Å². The number of aromatic nitrogens is 1. The van der Waals surface area contributed by atoms with E-state index in [1.807, 2.05) is 0 Å². The van der Waals surface area contributed by atoms with Crippen LogP contribution in [0.3, 0.4) is 0 Å². The summed E-state index contributed by atoms with van der Waals surface area (Å²) in [6, 6.07) is 28.2. The van der Waals surface area contributed by atoms with Crippen LogP contribution in [0.1, 0.15) is 28.4 Å². The topological polar surface area (TPSA) is 19.0 Å². The Labute approximate surface area is 155 Å². The molecule has 1 unspecified atom stereocenters. The van der Waals surface area contributed by atoms with Gasteiger partial charge in [-0.25, -0.2) is 0 Å². The summed E-state index contributed by atoms with van der Waals surface area (Å²) in [6.07, 6.45) is 0. The molecule has 130 valence electrons. The first kappa shape index (κ1) is 16.5. The van der Waals surface area contributed by atoms with Gasteiger partial charge in [-0.3, -0.25) is 0 Å². The molecule has 2 nitrogen and oxygen atoms in total. The molecular weight excluding hydrogens is 316 g/mol. The van der Waals surface area contributed by atoms with E-state index < -0.39 is 0 Å². The lowest BCUT2D eigenvalue weighted by Gasteiger charge is -2.31. The summed E-state index contributed by atoms with van der Waals surface area (Å²) in [5.74, 6) is 0. The Kier molecular flexibility index (Phi) is 4.26. The fourth-order valence-corrected chi connectivity index (χ4v) is 3.80. The number of anilines is 1. The van der Waals surface area contributed by atoms with Crippen LogP contribution in [0.5, 0.6) is 0 Å². The smallest absolute Gasteiger partial charge is 0.0816 e. The van der Waals surface area contributed by atoms with Crippen molar-refractivity contribution in [2.24, 2.45) is 0 Å². The van der Waals surface area contributed by atoms with Crippen LogP contribution in [-0.4, -0.2) is 12.0 Å². The lowest BCUT2D eigenvalue weighted by Crippen LogP contribution is -2.25. The number of aryl methyl sites for hydroxylation is 2. The highest BCUT2D eigenvalue weighted by molar-refractivity contribution is 5.86. The van der Waals surface area contributed by atoms with Gasteiger partial charge in [-0.2, -0.15) is 0 Å². The monoisotopic (exact) mass is 340 g/mol. The number of rotatable bonds is 4. The summed E-state index contributed by atoms with van der Waals surface area (Å²) in [5, 5.41) is 1.29. The average molecular weight is 340 g/mol. The average Bonchev–Trinajstić information content (AvgIpc) is 3.00. The molecule has 0 aliphatic heterocycles. The molecule has 0 amide bonds. The molecule has 1 N–H and O–H groups in total. The van der Waals surface area contributed by atoms with Crippen LogP contribution in [0.2, 0.25) is 0 Å². The molecule has 0 fully saturated rings. The number of H-pyrrole nitrogens is 1. The Morgan fingerprint density at radius 3 is 2.15 bits per heavy atom. The van der Waals surface area contributed by atoms with Crippen molar-refractivity contribution >= 4 is 16.6 Å². The first-order valence-electron chi connectivity index (χ1n) is 9.07. The van der Waals surface area contributed by atoms with E-state index in [1.165, 1.54) is 39.0 Å². The molecule has 0 aliphatic carbocycles. The largest absolute Gasteiger partial charge is 0.363 e. The summed E-state index contributed by atoms with van der Waals surface area (Å²) < 4.78 is 0. The zero-order chi connectivity index (χ0) is 18.1. The number of hydrogen-bond donors (Lipinski definition) is 1. The molecule has 1 heterocycles. The highest BCUT2D eigenvalue weighted by atomic mass is 15.1. The maximum atomic E-state index is 3.57. The van der Waals surface area contributed by atoms with Crippen LogP contribution in [0.25, 0.3) is 10.9 Å². The highest BCUT2D eigenvalue weighted by Gasteiger charge is 2.25. The maximum absolute atomic E-state index is 3.57. The van der Waals surface area contributed by atoms with Crippen LogP contribution >= 0.6 is 0 Å². The van der Waals surface area contributed by atoms with Crippen LogP contribution < -0.4 is 4.90 Å². The standard InChI is InChI=1S/C24H24N2/c1-17-13-15-19(16-14-17)24(26(3)20-9-5-4-6-10-20)23-18(2)25-22-12-8-7-11-21(22)23/h4-16,24-25H,1-3H3. The maximum Gasteiger partial charge on any atom is 0.0816 e. The second kappa shape index (κ2) is 6.72. The van der Waals surface area contributed by atoms with E-state index in [0.717, 1.165) is 0 Å². The second-order valence-electron chi connectivity index (χ2n) is 6.97. The Bertz CT molecular complexity index is 1010. The van der Waals surface area contributed by atoms with Crippen molar-refractivity contribution < 1.29 is 0 Å². The first-order chi connectivity index (χ1) is 12.6. The van der Waals surface area contributed by atoms with Gasteiger partial charge in [0, 0.05) is 34.9 Å². The fourth-order valence-electron chi connectivity index (χ4n) is 3.80. The Morgan fingerprint density at radius 2 is 1.42 bits per heavy atom. The lowest BCUT2D eigenvalue weighted by molar-refractivity contribution is 0.781. The number of nitrogens with zero attached hydrogens (tertiary/aromatic N) is 1. The number of hydrogen-bond acceptors (Lipinski definition) is 1. The summed E-state index contributed by atoms with van der Waals surface area (Å²) in [6.45, 7) is 4.31. The van der Waals surface area contributed by atoms with Crippen molar-refractivity contribution in [1.29, 1.82) is 0 Å². The summed E-state index contributed by atoms with van der Waals surface area (Å²) >= 11 is 0. The van der Waals surface area contributed by atoms with Gasteiger partial charge in [-0.05, 0) is 37.6 Å². The minimum absolute atomic E-state index is 0.147. The number of para-hydroxylation sites is 2. The van der Waals surface area contributed by atoms with Crippen molar-refractivity contribution in [3.05, 3.63) is 101 Å². The van der Waals surface area contributed by atoms with Crippen molar-refractivity contribution in [2.75, 3.05) is 11.9 Å². The number of fused-ring (bicyclic) bond motifs is 1. The minimum atomic E-state index is 0.147. The minimum Gasteiger partial charge on any atom is -0.363 e. The Morgan fingerprint density at radius 1 is 0.769 bits per heavy atom. The molecule has 0 radical (unpaired) electrons. The fraction of sp³-hybridized carbons (Fsp3) is 0.167. The van der Waals surface area contributed by atoms with E-state index in [1.54, 1.807) is 0 Å². The van der Waals surface area contributed by atoms with Crippen LogP contribution in [0.15, 0.2) is 78.9 Å². The molecule has 0 saturated carbocycles. The second-order valence-corrected chi connectivity index (χ2v) is 6.97. The van der Waals surface area contributed by atoms with Gasteiger partial charge in [0.15, 0.2) is 0 Å². The van der Waals surface area contributed by atoms with Crippen LogP contribution in [0, 0.1) is 13.8 Å². The molecule has 0 saturated heterocycles. The van der Waals surface area contributed by atoms with Gasteiger partial charge >= 0.3 is 0 Å². The van der Waals surface area contributed by atoms with E-state index in [-0.39, 0.29) is 6.04 Å². The normalized spacial score (nSPS) is 12.3. The van der Waals surface area contributed by atoms with Gasteiger partial charge in [-0.1, -0.05) is 66.2 Å². The molecule has 0 aliphatic rings. The Hall–Kier alpha value is -3.00. The van der Waals surface area contributed by atoms with Crippen molar-refractivity contribution in [3.8, 4) is 0 Å². The number of aromatic amines is 1. The molecule has 26 heavy (non-hydrogen) atoms. The highest BCUT2D eigenvalue weighted by Crippen LogP contribution is 2.37. The van der Waals surface area contributed by atoms with E-state index in [2.05, 4.69) is 110 Å². The first-order valence-corrected chi connectivity index (χ1v) is 9.07. The molecule has 0 spiro atoms. The summed E-state index contributed by atoms with van der Waals surface area (Å²) in [7, 11) is 2.18. The quantitative estimate of drug-likeness (QED) is 0.482. The third-order valence-electron chi connectivity index (χ3n) is 5.16. The van der Waals surface area contributed by atoms with E-state index in [9.17, 15) is 0 Å². The summed E-state index contributed by atoms with van der Waals surface area (Å²) in [4.78, 5) is 5.94. The van der Waals surface area contributed by atoms with Crippen LogP contribution in [0.4, 0.5) is 5.69 Å². The molecule has 1 aromatic heterocycles. The SMILES string of the molecule is Cc1ccc(C(c2c(C)[nH]c3ccccc23)N(C)c2ccccc2)cc1. The van der Waals surface area contributed by atoms with Crippen molar-refractivity contribution in [1.82, 2.24) is 4.98 Å². The van der Waals surface area contributed by atoms with Gasteiger partial charge in [0.25, 0.3) is 0 Å². The van der Waals surface area contributed by atoms with Gasteiger partial charge in [0.05, 0.1) is 6.04 Å². The van der Waals surface area contributed by atoms with Gasteiger partial charge in [0.1, 0.15) is 0 Å². The van der Waals surface area contributed by atoms with E-state index in [4.69, 9.17) is 0 Å². The molecule has 1 atom stereocenters. The van der Waals surface area contributed by atoms with Gasteiger partial charge < -0.3 is 9.88 Å². The van der Waals surface area contributed by atoms with Gasteiger partial charge in [-0.15, -0.1) is 0 Å². The zero-order valence-corrected chi connectivity index (χ0v) is 15.5. The van der Waals surface area contributed by atoms with Crippen molar-refractivity contribution in [2.45, 2.75) is 19.9 Å². The Balaban J connectivity index is 1.93. The molecule has 4 aromatic rings. The molecule has 2 heteroatoms. The van der Waals surface area contributed by atoms with Crippen LogP contribution in [-0.2, 0) is 0 Å². The number of benzene rings is 3. The molecular formula is C24H24N2. The number of nitrogens with one attached hydrogen (secondary N) is 1. The zero-order valence-electron chi connectivity index (χ0n) is 15.5. The predicted octanol–water partition coefficient (Wildman–Crippen LogP) is 6.01. The molecule has 3 aromatic carbocycles. The van der Waals surface area contributed by atoms with Crippen molar-refractivity contribution in [3.63, 3.8) is 0 Å². The molecule has 0 bridgehead atoms. The molecule has 4 rings (SSSR count).